The van der Waals surface area contributed by atoms with Gasteiger partial charge in [-0.05, 0) is 6.07 Å². The van der Waals surface area contributed by atoms with Gasteiger partial charge in [-0.2, -0.15) is 5.10 Å². The van der Waals surface area contributed by atoms with Gasteiger partial charge in [0.05, 0.1) is 21.1 Å². The number of carbonyl (C=O) groups is 1. The van der Waals surface area contributed by atoms with Crippen LogP contribution < -0.4 is 0 Å². The summed E-state index contributed by atoms with van der Waals surface area (Å²) in [5.74, 6) is -0.145. The molecule has 2 aromatic heterocycles. The van der Waals surface area contributed by atoms with Gasteiger partial charge in [0.15, 0.2) is 5.78 Å². The van der Waals surface area contributed by atoms with Crippen LogP contribution in [0.2, 0.25) is 13.7 Å². The maximum atomic E-state index is 11.8. The standard InChI is InChI=1S/C9H5Cl3N2OS/c10-5-2-13-14(3-5)4-7(15)6-1-8(11)16-9(6)12/h1-3H,4H2. The molecule has 0 N–H and O–H groups in total. The van der Waals surface area contributed by atoms with Crippen LogP contribution in [-0.4, -0.2) is 15.6 Å². The highest BCUT2D eigenvalue weighted by Crippen LogP contribution is 2.31. The summed E-state index contributed by atoms with van der Waals surface area (Å²) < 4.78 is 2.34. The van der Waals surface area contributed by atoms with E-state index in [0.29, 0.717) is 19.3 Å². The number of nitrogens with zero attached hydrogens (tertiary/aromatic N) is 2. The number of aromatic nitrogens is 2. The van der Waals surface area contributed by atoms with Crippen LogP contribution in [0.25, 0.3) is 0 Å². The first-order valence-corrected chi connectivity index (χ1v) is 6.17. The van der Waals surface area contributed by atoms with E-state index in [0.717, 1.165) is 0 Å². The van der Waals surface area contributed by atoms with Crippen LogP contribution in [0.15, 0.2) is 18.5 Å². The minimum absolute atomic E-state index is 0.0967. The molecule has 3 nitrogen and oxygen atoms in total. The Hall–Kier alpha value is -0.550. The molecule has 7 heteroatoms. The molecule has 0 bridgehead atoms. The van der Waals surface area contributed by atoms with Crippen molar-refractivity contribution in [3.05, 3.63) is 37.7 Å². The monoisotopic (exact) mass is 294 g/mol. The third-order valence-corrected chi connectivity index (χ3v) is 3.55. The van der Waals surface area contributed by atoms with E-state index in [9.17, 15) is 4.79 Å². The molecule has 0 aliphatic heterocycles. The Morgan fingerprint density at radius 2 is 2.19 bits per heavy atom. The van der Waals surface area contributed by atoms with Crippen LogP contribution in [0.5, 0.6) is 0 Å². The molecule has 2 aromatic rings. The third-order valence-electron chi connectivity index (χ3n) is 1.86. The van der Waals surface area contributed by atoms with E-state index in [-0.39, 0.29) is 12.3 Å². The van der Waals surface area contributed by atoms with Crippen molar-refractivity contribution in [3.8, 4) is 0 Å². The van der Waals surface area contributed by atoms with Gasteiger partial charge >= 0.3 is 0 Å². The van der Waals surface area contributed by atoms with Crippen molar-refractivity contribution in [2.75, 3.05) is 0 Å². The summed E-state index contributed by atoms with van der Waals surface area (Å²) >= 11 is 18.5. The highest BCUT2D eigenvalue weighted by Gasteiger charge is 2.14. The molecule has 0 aliphatic carbocycles. The summed E-state index contributed by atoms with van der Waals surface area (Å²) in [5.41, 5.74) is 0.420. The van der Waals surface area contributed by atoms with Gasteiger partial charge in [-0.3, -0.25) is 9.48 Å². The summed E-state index contributed by atoms with van der Waals surface area (Å²) in [6, 6.07) is 1.56. The first-order chi connectivity index (χ1) is 7.56. The van der Waals surface area contributed by atoms with Gasteiger partial charge in [-0.1, -0.05) is 34.8 Å². The van der Waals surface area contributed by atoms with Crippen molar-refractivity contribution in [1.82, 2.24) is 9.78 Å². The van der Waals surface area contributed by atoms with Crippen molar-refractivity contribution in [3.63, 3.8) is 0 Å². The van der Waals surface area contributed by atoms with E-state index < -0.39 is 0 Å². The number of hydrogen-bond acceptors (Lipinski definition) is 3. The maximum Gasteiger partial charge on any atom is 0.186 e. The molecule has 0 radical (unpaired) electrons. The molecule has 0 spiro atoms. The molecule has 0 aliphatic rings. The molecular formula is C9H5Cl3N2OS. The Balaban J connectivity index is 2.17. The summed E-state index contributed by atoms with van der Waals surface area (Å²) in [6.07, 6.45) is 3.04. The Kier molecular flexibility index (Phi) is 3.54. The van der Waals surface area contributed by atoms with Crippen molar-refractivity contribution < 1.29 is 4.79 Å². The number of halogens is 3. The second-order valence-corrected chi connectivity index (χ2v) is 5.74. The quantitative estimate of drug-likeness (QED) is 0.808. The normalized spacial score (nSPS) is 10.7. The van der Waals surface area contributed by atoms with E-state index in [1.807, 2.05) is 0 Å². The Labute approximate surface area is 111 Å². The predicted octanol–water partition coefficient (Wildman–Crippen LogP) is 3.79. The Morgan fingerprint density at radius 3 is 2.69 bits per heavy atom. The minimum Gasteiger partial charge on any atom is -0.292 e. The zero-order valence-corrected chi connectivity index (χ0v) is 10.9. The number of thiophene rings is 1. The summed E-state index contributed by atoms with van der Waals surface area (Å²) in [5, 5.41) is 4.40. The zero-order chi connectivity index (χ0) is 11.7. The second-order valence-electron chi connectivity index (χ2n) is 3.02. The molecule has 16 heavy (non-hydrogen) atoms. The molecular weight excluding hydrogens is 291 g/mol. The zero-order valence-electron chi connectivity index (χ0n) is 7.78. The summed E-state index contributed by atoms with van der Waals surface area (Å²) in [6.45, 7) is 0.0967. The van der Waals surface area contributed by atoms with Crippen LogP contribution in [0.1, 0.15) is 10.4 Å². The van der Waals surface area contributed by atoms with Crippen LogP contribution in [0, 0.1) is 0 Å². The van der Waals surface area contributed by atoms with Crippen LogP contribution >= 0.6 is 46.1 Å². The van der Waals surface area contributed by atoms with E-state index >= 15 is 0 Å². The van der Waals surface area contributed by atoms with Crippen molar-refractivity contribution in [2.45, 2.75) is 6.54 Å². The minimum atomic E-state index is -0.145. The van der Waals surface area contributed by atoms with Crippen LogP contribution in [0.4, 0.5) is 0 Å². The molecule has 0 saturated heterocycles. The van der Waals surface area contributed by atoms with Gasteiger partial charge in [0.25, 0.3) is 0 Å². The molecule has 84 valence electrons. The van der Waals surface area contributed by atoms with Gasteiger partial charge in [-0.15, -0.1) is 11.3 Å². The Bertz CT molecular complexity index is 535. The highest BCUT2D eigenvalue weighted by molar-refractivity contribution is 7.20. The average molecular weight is 296 g/mol. The van der Waals surface area contributed by atoms with Crippen molar-refractivity contribution in [2.24, 2.45) is 0 Å². The fourth-order valence-corrected chi connectivity index (χ4v) is 2.84. The molecule has 0 saturated carbocycles. The van der Waals surface area contributed by atoms with E-state index in [2.05, 4.69) is 5.10 Å². The van der Waals surface area contributed by atoms with E-state index in [4.69, 9.17) is 34.8 Å². The molecule has 0 atom stereocenters. The van der Waals surface area contributed by atoms with Gasteiger partial charge in [-0.25, -0.2) is 0 Å². The number of ketones is 1. The largest absolute Gasteiger partial charge is 0.292 e. The lowest BCUT2D eigenvalue weighted by Crippen LogP contribution is -2.10. The van der Waals surface area contributed by atoms with Gasteiger partial charge in [0.2, 0.25) is 0 Å². The predicted molar refractivity (Wildman–Crippen MR) is 65.9 cm³/mol. The van der Waals surface area contributed by atoms with Gasteiger partial charge in [0, 0.05) is 6.20 Å². The smallest absolute Gasteiger partial charge is 0.186 e. The van der Waals surface area contributed by atoms with Crippen LogP contribution in [-0.2, 0) is 6.54 Å². The maximum absolute atomic E-state index is 11.8. The summed E-state index contributed by atoms with van der Waals surface area (Å²) in [4.78, 5) is 11.8. The molecule has 0 unspecified atom stereocenters. The van der Waals surface area contributed by atoms with E-state index in [1.165, 1.54) is 22.2 Å². The lowest BCUT2D eigenvalue weighted by molar-refractivity contribution is 0.0968. The molecule has 2 rings (SSSR count). The van der Waals surface area contributed by atoms with Crippen LogP contribution in [0.3, 0.4) is 0 Å². The average Bonchev–Trinajstić information content (AvgIpc) is 2.73. The molecule has 0 aromatic carbocycles. The molecule has 0 amide bonds. The van der Waals surface area contributed by atoms with Crippen molar-refractivity contribution in [1.29, 1.82) is 0 Å². The number of carbonyl (C=O) groups excluding carboxylic acids is 1. The highest BCUT2D eigenvalue weighted by atomic mass is 35.5. The number of Topliss-reactive ketones (excluding diaryl/α,β-unsaturated/α-hetero) is 1. The Morgan fingerprint density at radius 1 is 1.44 bits per heavy atom. The lowest BCUT2D eigenvalue weighted by atomic mass is 10.2. The first-order valence-electron chi connectivity index (χ1n) is 4.22. The lowest BCUT2D eigenvalue weighted by Gasteiger charge is -1.99. The van der Waals surface area contributed by atoms with Crippen molar-refractivity contribution >= 4 is 51.9 Å². The number of hydrogen-bond donors (Lipinski definition) is 0. The third kappa shape index (κ3) is 2.58. The fraction of sp³-hybridized carbons (Fsp3) is 0.111. The fourth-order valence-electron chi connectivity index (χ4n) is 1.19. The second kappa shape index (κ2) is 4.75. The first kappa shape index (κ1) is 11.9. The number of rotatable bonds is 3. The molecule has 0 fully saturated rings. The van der Waals surface area contributed by atoms with E-state index in [1.54, 1.807) is 12.3 Å². The topological polar surface area (TPSA) is 34.9 Å². The van der Waals surface area contributed by atoms with Gasteiger partial charge in [0.1, 0.15) is 10.9 Å². The van der Waals surface area contributed by atoms with Gasteiger partial charge < -0.3 is 0 Å². The molecule has 2 heterocycles. The SMILES string of the molecule is O=C(Cn1cc(Cl)cn1)c1cc(Cl)sc1Cl. The summed E-state index contributed by atoms with van der Waals surface area (Å²) in [7, 11) is 0.